The molecule has 1 heterocycles. The molecule has 1 fully saturated rings. The van der Waals surface area contributed by atoms with Gasteiger partial charge in [-0.05, 0) is 44.0 Å². The van der Waals surface area contributed by atoms with Crippen molar-refractivity contribution in [2.45, 2.75) is 38.3 Å². The van der Waals surface area contributed by atoms with E-state index in [1.54, 1.807) is 12.1 Å². The third kappa shape index (κ3) is 4.33. The average Bonchev–Trinajstić information content (AvgIpc) is 2.42. The molecule has 6 heteroatoms. The molecule has 1 aromatic rings. The molecule has 0 aromatic heterocycles. The van der Waals surface area contributed by atoms with Crippen molar-refractivity contribution in [2.24, 2.45) is 0 Å². The van der Waals surface area contributed by atoms with E-state index in [4.69, 9.17) is 11.6 Å². The summed E-state index contributed by atoms with van der Waals surface area (Å²) in [6.07, 6.45) is 3.05. The normalized spacial score (nSPS) is 19.9. The summed E-state index contributed by atoms with van der Waals surface area (Å²) in [5, 5.41) is 6.21. The lowest BCUT2D eigenvalue weighted by molar-refractivity contribution is -0.124. The first-order valence-electron chi connectivity index (χ1n) is 6.56. The molecule has 1 saturated heterocycles. The molecule has 112 valence electrons. The fourth-order valence-electron chi connectivity index (χ4n) is 2.25. The zero-order valence-corrected chi connectivity index (χ0v) is 12.9. The van der Waals surface area contributed by atoms with Crippen molar-refractivity contribution < 1.29 is 9.18 Å². The van der Waals surface area contributed by atoms with Gasteiger partial charge in [0, 0.05) is 0 Å². The molecule has 0 bridgehead atoms. The van der Waals surface area contributed by atoms with Crippen LogP contribution in [-0.4, -0.2) is 18.5 Å². The maximum Gasteiger partial charge on any atom is 0.237 e. The predicted octanol–water partition coefficient (Wildman–Crippen LogP) is 3.22. The molecular formula is C14H19Cl2FN2O. The van der Waals surface area contributed by atoms with Crippen LogP contribution in [0.15, 0.2) is 18.2 Å². The van der Waals surface area contributed by atoms with Gasteiger partial charge in [0.2, 0.25) is 5.91 Å². The summed E-state index contributed by atoms with van der Waals surface area (Å²) >= 11 is 5.74. The molecule has 0 aliphatic carbocycles. The van der Waals surface area contributed by atoms with Crippen molar-refractivity contribution in [3.05, 3.63) is 34.6 Å². The number of halogens is 3. The molecule has 2 rings (SSSR count). The van der Waals surface area contributed by atoms with Gasteiger partial charge in [0.05, 0.1) is 17.1 Å². The van der Waals surface area contributed by atoms with E-state index >= 15 is 0 Å². The zero-order valence-electron chi connectivity index (χ0n) is 11.3. The Morgan fingerprint density at radius 1 is 1.50 bits per heavy atom. The van der Waals surface area contributed by atoms with Gasteiger partial charge in [-0.25, -0.2) is 4.39 Å². The van der Waals surface area contributed by atoms with Crippen molar-refractivity contribution in [3.8, 4) is 0 Å². The van der Waals surface area contributed by atoms with E-state index in [2.05, 4.69) is 10.6 Å². The lowest BCUT2D eigenvalue weighted by atomic mass is 10.0. The quantitative estimate of drug-likeness (QED) is 0.897. The largest absolute Gasteiger partial charge is 0.348 e. The second-order valence-electron chi connectivity index (χ2n) is 4.91. The molecular weight excluding hydrogens is 302 g/mol. The Kier molecular flexibility index (Phi) is 6.72. The standard InChI is InChI=1S/C14H18ClFN2O.ClH/c1-9(10-5-6-12(16)11(15)8-10)18-14(19)13-4-2-3-7-17-13;/h5-6,8-9,13,17H,2-4,7H2,1H3,(H,18,19);1H. The predicted molar refractivity (Wildman–Crippen MR) is 80.9 cm³/mol. The van der Waals surface area contributed by atoms with Crippen LogP contribution >= 0.6 is 24.0 Å². The van der Waals surface area contributed by atoms with E-state index < -0.39 is 5.82 Å². The van der Waals surface area contributed by atoms with E-state index in [-0.39, 0.29) is 35.4 Å². The Balaban J connectivity index is 0.00000200. The number of piperidine rings is 1. The van der Waals surface area contributed by atoms with Crippen LogP contribution in [0.3, 0.4) is 0 Å². The van der Waals surface area contributed by atoms with Gasteiger partial charge in [0.1, 0.15) is 5.82 Å². The Morgan fingerprint density at radius 2 is 2.25 bits per heavy atom. The first-order chi connectivity index (χ1) is 9.08. The van der Waals surface area contributed by atoms with Crippen LogP contribution in [0.1, 0.15) is 37.8 Å². The van der Waals surface area contributed by atoms with Crippen LogP contribution in [0.25, 0.3) is 0 Å². The molecule has 0 saturated carbocycles. The number of carbonyl (C=O) groups excluding carboxylic acids is 1. The van der Waals surface area contributed by atoms with E-state index in [1.807, 2.05) is 6.92 Å². The van der Waals surface area contributed by atoms with Gasteiger partial charge in [0.15, 0.2) is 0 Å². The van der Waals surface area contributed by atoms with E-state index in [9.17, 15) is 9.18 Å². The minimum Gasteiger partial charge on any atom is -0.348 e. The molecule has 2 unspecified atom stereocenters. The highest BCUT2D eigenvalue weighted by molar-refractivity contribution is 6.30. The summed E-state index contributed by atoms with van der Waals surface area (Å²) in [6.45, 7) is 2.75. The fraction of sp³-hybridized carbons (Fsp3) is 0.500. The Labute approximate surface area is 129 Å². The number of hydrogen-bond acceptors (Lipinski definition) is 2. The molecule has 1 aromatic carbocycles. The summed E-state index contributed by atoms with van der Waals surface area (Å²) in [5.41, 5.74) is 0.801. The maximum absolute atomic E-state index is 13.1. The van der Waals surface area contributed by atoms with Crippen molar-refractivity contribution in [1.82, 2.24) is 10.6 Å². The second kappa shape index (κ2) is 7.81. The minimum atomic E-state index is -0.446. The van der Waals surface area contributed by atoms with Crippen molar-refractivity contribution >= 4 is 29.9 Å². The van der Waals surface area contributed by atoms with Crippen LogP contribution in [0, 0.1) is 5.82 Å². The summed E-state index contributed by atoms with van der Waals surface area (Å²) in [7, 11) is 0. The molecule has 3 nitrogen and oxygen atoms in total. The van der Waals surface area contributed by atoms with Gasteiger partial charge in [-0.2, -0.15) is 0 Å². The van der Waals surface area contributed by atoms with E-state index in [1.165, 1.54) is 6.07 Å². The Morgan fingerprint density at radius 3 is 2.85 bits per heavy atom. The van der Waals surface area contributed by atoms with Crippen LogP contribution < -0.4 is 10.6 Å². The van der Waals surface area contributed by atoms with Gasteiger partial charge in [-0.15, -0.1) is 12.4 Å². The van der Waals surface area contributed by atoms with Gasteiger partial charge in [-0.1, -0.05) is 24.1 Å². The van der Waals surface area contributed by atoms with Gasteiger partial charge in [-0.3, -0.25) is 4.79 Å². The van der Waals surface area contributed by atoms with Crippen LogP contribution in [0.5, 0.6) is 0 Å². The summed E-state index contributed by atoms with van der Waals surface area (Å²) < 4.78 is 13.1. The molecule has 1 aliphatic rings. The number of nitrogens with one attached hydrogen (secondary N) is 2. The monoisotopic (exact) mass is 320 g/mol. The fourth-order valence-corrected chi connectivity index (χ4v) is 2.44. The smallest absolute Gasteiger partial charge is 0.237 e. The summed E-state index contributed by atoms with van der Waals surface area (Å²) in [5.74, 6) is -0.453. The molecule has 1 aliphatic heterocycles. The van der Waals surface area contributed by atoms with Gasteiger partial charge in [0.25, 0.3) is 0 Å². The van der Waals surface area contributed by atoms with Crippen LogP contribution in [0.2, 0.25) is 5.02 Å². The average molecular weight is 321 g/mol. The highest BCUT2D eigenvalue weighted by atomic mass is 35.5. The minimum absolute atomic E-state index is 0. The third-order valence-electron chi connectivity index (χ3n) is 3.43. The first-order valence-corrected chi connectivity index (χ1v) is 6.94. The van der Waals surface area contributed by atoms with Crippen LogP contribution in [-0.2, 0) is 4.79 Å². The Hall–Kier alpha value is -0.840. The Bertz CT molecular complexity index is 464. The molecule has 20 heavy (non-hydrogen) atoms. The van der Waals surface area contributed by atoms with Gasteiger partial charge >= 0.3 is 0 Å². The lowest BCUT2D eigenvalue weighted by Crippen LogP contribution is -2.47. The lowest BCUT2D eigenvalue weighted by Gasteiger charge is -2.24. The second-order valence-corrected chi connectivity index (χ2v) is 5.31. The maximum atomic E-state index is 13.1. The zero-order chi connectivity index (χ0) is 13.8. The highest BCUT2D eigenvalue weighted by Gasteiger charge is 2.22. The van der Waals surface area contributed by atoms with Crippen LogP contribution in [0.4, 0.5) is 4.39 Å². The third-order valence-corrected chi connectivity index (χ3v) is 3.72. The molecule has 2 atom stereocenters. The van der Waals surface area contributed by atoms with E-state index in [0.717, 1.165) is 31.4 Å². The number of hydrogen-bond donors (Lipinski definition) is 2. The van der Waals surface area contributed by atoms with Crippen molar-refractivity contribution in [2.75, 3.05) is 6.54 Å². The molecule has 1 amide bonds. The number of carbonyl (C=O) groups is 1. The molecule has 0 radical (unpaired) electrons. The SMILES string of the molecule is CC(NC(=O)C1CCCCN1)c1ccc(F)c(Cl)c1.Cl. The van der Waals surface area contributed by atoms with E-state index in [0.29, 0.717) is 0 Å². The topological polar surface area (TPSA) is 41.1 Å². The van der Waals surface area contributed by atoms with Crippen molar-refractivity contribution in [3.63, 3.8) is 0 Å². The first kappa shape index (κ1) is 17.2. The summed E-state index contributed by atoms with van der Waals surface area (Å²) in [6, 6.07) is 4.21. The van der Waals surface area contributed by atoms with Gasteiger partial charge < -0.3 is 10.6 Å². The molecule has 2 N–H and O–H groups in total. The highest BCUT2D eigenvalue weighted by Crippen LogP contribution is 2.21. The van der Waals surface area contributed by atoms with Crippen molar-refractivity contribution in [1.29, 1.82) is 0 Å². The summed E-state index contributed by atoms with van der Waals surface area (Å²) in [4.78, 5) is 12.1. The number of benzene rings is 1. The number of amides is 1. The number of rotatable bonds is 3. The molecule has 0 spiro atoms.